The van der Waals surface area contributed by atoms with Crippen molar-refractivity contribution < 1.29 is 0 Å². The van der Waals surface area contributed by atoms with Crippen LogP contribution in [-0.4, -0.2) is 47.5 Å². The van der Waals surface area contributed by atoms with Crippen molar-refractivity contribution in [3.63, 3.8) is 0 Å². The highest BCUT2D eigenvalue weighted by atomic mass is 15.4. The molecule has 1 fully saturated rings. The first kappa shape index (κ1) is 15.1. The minimum Gasteiger partial charge on any atom is -0.370 e. The Balaban J connectivity index is 1.78. The van der Waals surface area contributed by atoms with E-state index in [1.54, 1.807) is 6.20 Å². The number of nitrogens with one attached hydrogen (secondary N) is 4. The second-order valence-electron chi connectivity index (χ2n) is 5.17. The molecule has 2 rings (SSSR count). The maximum absolute atomic E-state index is 7.98. The van der Waals surface area contributed by atoms with E-state index in [4.69, 9.17) is 16.6 Å². The van der Waals surface area contributed by atoms with E-state index in [1.165, 1.54) is 5.56 Å². The van der Waals surface area contributed by atoms with Crippen molar-refractivity contribution in [2.24, 2.45) is 5.73 Å². The Morgan fingerprint density at radius 2 is 2.43 bits per heavy atom. The van der Waals surface area contributed by atoms with Crippen LogP contribution in [0.1, 0.15) is 18.4 Å². The van der Waals surface area contributed by atoms with Gasteiger partial charge in [0, 0.05) is 38.1 Å². The third kappa shape index (κ3) is 4.62. The van der Waals surface area contributed by atoms with Crippen molar-refractivity contribution in [1.82, 2.24) is 20.5 Å². The molecule has 0 bridgehead atoms. The highest BCUT2D eigenvalue weighted by molar-refractivity contribution is 5.79. The molecule has 114 valence electrons. The van der Waals surface area contributed by atoms with Crippen LogP contribution in [0.15, 0.2) is 24.5 Å². The first-order chi connectivity index (χ1) is 10.2. The molecule has 0 saturated carbocycles. The molecule has 0 spiro atoms. The van der Waals surface area contributed by atoms with Gasteiger partial charge in [0.2, 0.25) is 0 Å². The van der Waals surface area contributed by atoms with Crippen molar-refractivity contribution in [2.75, 3.05) is 19.6 Å². The van der Waals surface area contributed by atoms with Crippen LogP contribution >= 0.6 is 0 Å². The summed E-state index contributed by atoms with van der Waals surface area (Å²) in [7, 11) is 0. The average Bonchev–Trinajstić information content (AvgIpc) is 2.83. The third-order valence-corrected chi connectivity index (χ3v) is 3.63. The number of rotatable bonds is 7. The molecule has 6 N–H and O–H groups in total. The molecule has 1 aliphatic rings. The zero-order chi connectivity index (χ0) is 15.1. The Labute approximate surface area is 124 Å². The van der Waals surface area contributed by atoms with Crippen LogP contribution in [0.4, 0.5) is 0 Å². The normalized spacial score (nSPS) is 17.6. The molecule has 2 heterocycles. The van der Waals surface area contributed by atoms with E-state index in [9.17, 15) is 0 Å². The van der Waals surface area contributed by atoms with Gasteiger partial charge in [-0.25, -0.2) is 0 Å². The van der Waals surface area contributed by atoms with Gasteiger partial charge in [-0.3, -0.25) is 15.8 Å². The Kier molecular flexibility index (Phi) is 5.36. The largest absolute Gasteiger partial charge is 0.370 e. The monoisotopic (exact) mass is 289 g/mol. The maximum Gasteiger partial charge on any atom is 0.191 e. The van der Waals surface area contributed by atoms with E-state index in [0.29, 0.717) is 18.5 Å². The molecule has 1 atom stereocenters. The second kappa shape index (κ2) is 7.47. The van der Waals surface area contributed by atoms with Crippen molar-refractivity contribution in [3.8, 4) is 0 Å². The first-order valence-corrected chi connectivity index (χ1v) is 7.22. The predicted octanol–water partition coefficient (Wildman–Crippen LogP) is 0.0959. The van der Waals surface area contributed by atoms with Crippen LogP contribution < -0.4 is 16.4 Å². The summed E-state index contributed by atoms with van der Waals surface area (Å²) >= 11 is 0. The highest BCUT2D eigenvalue weighted by Crippen LogP contribution is 2.13. The predicted molar refractivity (Wildman–Crippen MR) is 83.3 cm³/mol. The molecule has 0 aromatic carbocycles. The molecule has 1 aliphatic heterocycles. The topological polar surface area (TPSA) is 114 Å². The van der Waals surface area contributed by atoms with Gasteiger partial charge < -0.3 is 21.3 Å². The third-order valence-electron chi connectivity index (χ3n) is 3.63. The lowest BCUT2D eigenvalue weighted by molar-refractivity contribution is 0.328. The fourth-order valence-electron chi connectivity index (χ4n) is 2.52. The zero-order valence-electron chi connectivity index (χ0n) is 12.1. The minimum absolute atomic E-state index is 0.0146. The number of hydrogen-bond acceptors (Lipinski definition) is 3. The SMILES string of the molecule is N=C(N)NCCCC1CNC(=N)N1CCc1cccnc1. The molecule has 21 heavy (non-hydrogen) atoms. The van der Waals surface area contributed by atoms with Crippen LogP contribution in [-0.2, 0) is 6.42 Å². The number of nitrogens with zero attached hydrogens (tertiary/aromatic N) is 2. The summed E-state index contributed by atoms with van der Waals surface area (Å²) < 4.78 is 0. The molecular formula is C14H23N7. The van der Waals surface area contributed by atoms with Gasteiger partial charge in [-0.1, -0.05) is 6.07 Å². The van der Waals surface area contributed by atoms with Gasteiger partial charge in [-0.05, 0) is 30.9 Å². The molecular weight excluding hydrogens is 266 g/mol. The number of aromatic nitrogens is 1. The van der Waals surface area contributed by atoms with E-state index in [1.807, 2.05) is 12.3 Å². The van der Waals surface area contributed by atoms with E-state index in [0.717, 1.165) is 32.4 Å². The van der Waals surface area contributed by atoms with Gasteiger partial charge in [0.1, 0.15) is 0 Å². The van der Waals surface area contributed by atoms with Crippen molar-refractivity contribution in [3.05, 3.63) is 30.1 Å². The van der Waals surface area contributed by atoms with Crippen LogP contribution in [0.25, 0.3) is 0 Å². The lowest BCUT2D eigenvalue weighted by atomic mass is 10.1. The Bertz CT molecular complexity index is 473. The summed E-state index contributed by atoms with van der Waals surface area (Å²) in [6, 6.07) is 4.34. The first-order valence-electron chi connectivity index (χ1n) is 7.22. The summed E-state index contributed by atoms with van der Waals surface area (Å²) in [5.41, 5.74) is 6.45. The van der Waals surface area contributed by atoms with Crippen molar-refractivity contribution >= 4 is 11.9 Å². The number of guanidine groups is 2. The van der Waals surface area contributed by atoms with Gasteiger partial charge in [0.25, 0.3) is 0 Å². The molecule has 1 aromatic rings. The number of pyridine rings is 1. The quantitative estimate of drug-likeness (QED) is 0.277. The Hall–Kier alpha value is -2.31. The molecule has 7 heteroatoms. The summed E-state index contributed by atoms with van der Waals surface area (Å²) in [4.78, 5) is 6.23. The summed E-state index contributed by atoms with van der Waals surface area (Å²) in [6.45, 7) is 2.34. The van der Waals surface area contributed by atoms with E-state index in [-0.39, 0.29) is 5.96 Å². The van der Waals surface area contributed by atoms with E-state index >= 15 is 0 Å². The van der Waals surface area contributed by atoms with Crippen LogP contribution in [0, 0.1) is 10.8 Å². The van der Waals surface area contributed by atoms with Gasteiger partial charge in [0.05, 0.1) is 0 Å². The van der Waals surface area contributed by atoms with E-state index in [2.05, 4.69) is 26.6 Å². The summed E-state index contributed by atoms with van der Waals surface area (Å²) in [5.74, 6) is 0.518. The fourth-order valence-corrected chi connectivity index (χ4v) is 2.52. The molecule has 1 unspecified atom stereocenters. The van der Waals surface area contributed by atoms with Crippen molar-refractivity contribution in [1.29, 1.82) is 10.8 Å². The standard InChI is InChI=1S/C14H23N7/c15-13(16)19-7-2-4-12-10-20-14(17)21(12)8-5-11-3-1-6-18-9-11/h1,3,6,9,12H,2,4-5,7-8,10H2,(H2,17,20)(H4,15,16,19). The van der Waals surface area contributed by atoms with E-state index < -0.39 is 0 Å². The van der Waals surface area contributed by atoms with Gasteiger partial charge in [-0.2, -0.15) is 0 Å². The fraction of sp³-hybridized carbons (Fsp3) is 0.500. The van der Waals surface area contributed by atoms with Crippen LogP contribution in [0.3, 0.4) is 0 Å². The van der Waals surface area contributed by atoms with Gasteiger partial charge in [0.15, 0.2) is 11.9 Å². The Morgan fingerprint density at radius 3 is 3.14 bits per heavy atom. The van der Waals surface area contributed by atoms with Crippen LogP contribution in [0.5, 0.6) is 0 Å². The molecule has 7 nitrogen and oxygen atoms in total. The lowest BCUT2D eigenvalue weighted by Gasteiger charge is -2.24. The van der Waals surface area contributed by atoms with Gasteiger partial charge in [-0.15, -0.1) is 0 Å². The lowest BCUT2D eigenvalue weighted by Crippen LogP contribution is -2.37. The molecule has 0 amide bonds. The highest BCUT2D eigenvalue weighted by Gasteiger charge is 2.26. The van der Waals surface area contributed by atoms with Gasteiger partial charge >= 0.3 is 0 Å². The van der Waals surface area contributed by atoms with Crippen molar-refractivity contribution in [2.45, 2.75) is 25.3 Å². The van der Waals surface area contributed by atoms with Crippen LogP contribution in [0.2, 0.25) is 0 Å². The zero-order valence-corrected chi connectivity index (χ0v) is 12.1. The summed E-state index contributed by atoms with van der Waals surface area (Å²) in [6.07, 6.45) is 6.44. The number of nitrogens with two attached hydrogens (primary N) is 1. The average molecular weight is 289 g/mol. The maximum atomic E-state index is 7.98. The molecule has 0 aliphatic carbocycles. The minimum atomic E-state index is 0.0146. The molecule has 1 saturated heterocycles. The Morgan fingerprint density at radius 1 is 1.57 bits per heavy atom. The second-order valence-corrected chi connectivity index (χ2v) is 5.17. The summed E-state index contributed by atoms with van der Waals surface area (Å²) in [5, 5.41) is 21.0. The smallest absolute Gasteiger partial charge is 0.191 e. The number of hydrogen-bond donors (Lipinski definition) is 5. The molecule has 0 radical (unpaired) electrons. The molecule has 1 aromatic heterocycles.